The minimum atomic E-state index is -0.241. The molecule has 0 spiro atoms. The molecule has 34 heavy (non-hydrogen) atoms. The number of aryl methyl sites for hydroxylation is 2. The quantitative estimate of drug-likeness (QED) is 0.248. The number of benzene rings is 3. The molecule has 1 saturated heterocycles. The Balaban J connectivity index is 1.41. The Bertz CT molecular complexity index is 1220. The Hall–Kier alpha value is -2.35. The molecule has 2 amide bonds. The number of amides is 2. The summed E-state index contributed by atoms with van der Waals surface area (Å²) < 4.78 is 7.55. The van der Waals surface area contributed by atoms with Crippen molar-refractivity contribution in [3.63, 3.8) is 0 Å². The Kier molecular flexibility index (Phi) is 8.29. The van der Waals surface area contributed by atoms with Crippen LogP contribution in [0.25, 0.3) is 6.08 Å². The molecule has 3 aromatic carbocycles. The zero-order valence-corrected chi connectivity index (χ0v) is 22.6. The lowest BCUT2D eigenvalue weighted by Gasteiger charge is -2.12. The van der Waals surface area contributed by atoms with Crippen LogP contribution >= 0.6 is 43.6 Å². The molecular weight excluding hydrogens is 578 g/mol. The minimum absolute atomic E-state index is 0.222. The molecule has 0 aromatic heterocycles. The van der Waals surface area contributed by atoms with Gasteiger partial charge in [-0.2, -0.15) is 0 Å². The first-order chi connectivity index (χ1) is 16.4. The first-order valence-electron chi connectivity index (χ1n) is 10.9. The highest BCUT2D eigenvalue weighted by Gasteiger charge is 2.34. The number of halogens is 2. The van der Waals surface area contributed by atoms with Gasteiger partial charge in [-0.25, -0.2) is 0 Å². The number of carbonyl (C=O) groups is 2. The van der Waals surface area contributed by atoms with Crippen LogP contribution in [-0.2, 0) is 17.8 Å². The van der Waals surface area contributed by atoms with Crippen molar-refractivity contribution in [2.45, 2.75) is 26.4 Å². The van der Waals surface area contributed by atoms with Gasteiger partial charge in [0.15, 0.2) is 0 Å². The summed E-state index contributed by atoms with van der Waals surface area (Å²) in [5.41, 5.74) is 4.27. The number of hydrogen-bond donors (Lipinski definition) is 0. The molecule has 1 aliphatic rings. The molecule has 0 bridgehead atoms. The van der Waals surface area contributed by atoms with Gasteiger partial charge in [-0.1, -0.05) is 60.2 Å². The van der Waals surface area contributed by atoms with Crippen LogP contribution < -0.4 is 4.74 Å². The van der Waals surface area contributed by atoms with Gasteiger partial charge in [0, 0.05) is 6.54 Å². The van der Waals surface area contributed by atoms with E-state index in [1.165, 1.54) is 16.0 Å². The van der Waals surface area contributed by atoms with E-state index in [1.807, 2.05) is 42.5 Å². The van der Waals surface area contributed by atoms with E-state index in [-0.39, 0.29) is 11.1 Å². The van der Waals surface area contributed by atoms with Gasteiger partial charge < -0.3 is 4.74 Å². The average molecular weight is 601 g/mol. The average Bonchev–Trinajstić information content (AvgIpc) is 3.06. The lowest BCUT2D eigenvalue weighted by Crippen LogP contribution is -2.29. The summed E-state index contributed by atoms with van der Waals surface area (Å²) in [5.74, 6) is 0.447. The lowest BCUT2D eigenvalue weighted by molar-refractivity contribution is -0.122. The third-order valence-electron chi connectivity index (χ3n) is 5.35. The molecule has 4 nitrogen and oxygen atoms in total. The number of thioether (sulfide) groups is 1. The van der Waals surface area contributed by atoms with Crippen LogP contribution in [0.3, 0.4) is 0 Å². The minimum Gasteiger partial charge on any atom is -0.487 e. The van der Waals surface area contributed by atoms with Crippen molar-refractivity contribution in [3.05, 3.63) is 103 Å². The predicted octanol–water partition coefficient (Wildman–Crippen LogP) is 7.77. The summed E-state index contributed by atoms with van der Waals surface area (Å²) in [4.78, 5) is 27.1. The third kappa shape index (κ3) is 6.20. The first kappa shape index (κ1) is 24.8. The molecule has 0 N–H and O–H groups in total. The molecule has 0 radical (unpaired) electrons. The van der Waals surface area contributed by atoms with Crippen molar-refractivity contribution < 1.29 is 14.3 Å². The van der Waals surface area contributed by atoms with Crippen LogP contribution in [0.1, 0.15) is 28.7 Å². The monoisotopic (exact) mass is 599 g/mol. The fraction of sp³-hybridized carbons (Fsp3) is 0.185. The number of imide groups is 1. The van der Waals surface area contributed by atoms with Crippen LogP contribution in [0.5, 0.6) is 5.75 Å². The van der Waals surface area contributed by atoms with Gasteiger partial charge in [0.1, 0.15) is 12.4 Å². The van der Waals surface area contributed by atoms with Crippen molar-refractivity contribution in [1.82, 2.24) is 4.90 Å². The number of ether oxygens (including phenoxy) is 1. The van der Waals surface area contributed by atoms with Crippen molar-refractivity contribution in [3.8, 4) is 5.75 Å². The van der Waals surface area contributed by atoms with Crippen LogP contribution in [0.2, 0.25) is 0 Å². The van der Waals surface area contributed by atoms with E-state index < -0.39 is 0 Å². The standard InChI is InChI=1S/C27H23Br2NO3S/c1-18-7-5-10-20(13-18)17-33-25-22(28)14-21(15-23(25)29)16-24-26(31)30(27(32)34-24)12-6-11-19-8-3-2-4-9-19/h2-5,7-10,13-16H,6,11-12,17H2,1H3/b24-16+. The second-order valence-electron chi connectivity index (χ2n) is 8.01. The van der Waals surface area contributed by atoms with Crippen molar-refractivity contribution in [2.24, 2.45) is 0 Å². The van der Waals surface area contributed by atoms with Crippen LogP contribution in [0, 0.1) is 6.92 Å². The number of hydrogen-bond acceptors (Lipinski definition) is 4. The lowest BCUT2D eigenvalue weighted by atomic mass is 10.1. The topological polar surface area (TPSA) is 46.6 Å². The van der Waals surface area contributed by atoms with E-state index in [2.05, 4.69) is 63.0 Å². The normalized spacial score (nSPS) is 14.8. The molecule has 0 saturated carbocycles. The summed E-state index contributed by atoms with van der Waals surface area (Å²) in [6.45, 7) is 2.91. The molecule has 0 atom stereocenters. The second-order valence-corrected chi connectivity index (χ2v) is 10.7. The maximum absolute atomic E-state index is 12.9. The largest absolute Gasteiger partial charge is 0.487 e. The van der Waals surface area contributed by atoms with Crippen LogP contribution in [-0.4, -0.2) is 22.6 Å². The maximum atomic E-state index is 12.9. The van der Waals surface area contributed by atoms with Gasteiger partial charge >= 0.3 is 0 Å². The highest BCUT2D eigenvalue weighted by Crippen LogP contribution is 2.38. The molecule has 7 heteroatoms. The van der Waals surface area contributed by atoms with Gasteiger partial charge in [0.05, 0.1) is 13.9 Å². The molecule has 4 rings (SSSR count). The van der Waals surface area contributed by atoms with Gasteiger partial charge in [0.25, 0.3) is 11.1 Å². The molecule has 174 valence electrons. The van der Waals surface area contributed by atoms with Crippen molar-refractivity contribution in [2.75, 3.05) is 6.54 Å². The predicted molar refractivity (Wildman–Crippen MR) is 145 cm³/mol. The molecule has 3 aromatic rings. The van der Waals surface area contributed by atoms with Crippen LogP contribution in [0.15, 0.2) is 80.6 Å². The summed E-state index contributed by atoms with van der Waals surface area (Å²) in [6, 6.07) is 22.0. The van der Waals surface area contributed by atoms with Gasteiger partial charge in [-0.05, 0) is 98.3 Å². The molecular formula is C27H23Br2NO3S. The summed E-state index contributed by atoms with van der Waals surface area (Å²) >= 11 is 8.14. The summed E-state index contributed by atoms with van der Waals surface area (Å²) in [6.07, 6.45) is 3.31. The van der Waals surface area contributed by atoms with E-state index in [0.717, 1.165) is 44.7 Å². The fourth-order valence-electron chi connectivity index (χ4n) is 3.69. The van der Waals surface area contributed by atoms with Gasteiger partial charge in [-0.15, -0.1) is 0 Å². The van der Waals surface area contributed by atoms with Crippen molar-refractivity contribution >= 4 is 60.8 Å². The number of carbonyl (C=O) groups excluding carboxylic acids is 2. The van der Waals surface area contributed by atoms with Gasteiger partial charge in [-0.3, -0.25) is 14.5 Å². The zero-order valence-electron chi connectivity index (χ0n) is 18.6. The molecule has 1 aliphatic heterocycles. The Morgan fingerprint density at radius 3 is 2.35 bits per heavy atom. The van der Waals surface area contributed by atoms with Crippen LogP contribution in [0.4, 0.5) is 4.79 Å². The molecule has 0 unspecified atom stereocenters. The maximum Gasteiger partial charge on any atom is 0.293 e. The fourth-order valence-corrected chi connectivity index (χ4v) is 6.00. The second kappa shape index (κ2) is 11.4. The highest BCUT2D eigenvalue weighted by molar-refractivity contribution is 9.11. The summed E-state index contributed by atoms with van der Waals surface area (Å²) in [7, 11) is 0. The van der Waals surface area contributed by atoms with Crippen molar-refractivity contribution in [1.29, 1.82) is 0 Å². The zero-order chi connectivity index (χ0) is 24.1. The molecule has 1 fully saturated rings. The van der Waals surface area contributed by atoms with E-state index in [9.17, 15) is 9.59 Å². The SMILES string of the molecule is Cc1cccc(COc2c(Br)cc(/C=C3/SC(=O)N(CCCc4ccccc4)C3=O)cc2Br)c1. The third-order valence-corrected chi connectivity index (χ3v) is 7.43. The van der Waals surface area contributed by atoms with E-state index in [4.69, 9.17) is 4.74 Å². The van der Waals surface area contributed by atoms with E-state index in [0.29, 0.717) is 23.8 Å². The number of rotatable bonds is 8. The molecule has 0 aliphatic carbocycles. The smallest absolute Gasteiger partial charge is 0.293 e. The summed E-state index contributed by atoms with van der Waals surface area (Å²) in [5, 5.41) is -0.222. The highest BCUT2D eigenvalue weighted by atomic mass is 79.9. The first-order valence-corrected chi connectivity index (χ1v) is 13.3. The Morgan fingerprint density at radius 1 is 0.941 bits per heavy atom. The number of nitrogens with zero attached hydrogens (tertiary/aromatic N) is 1. The molecule has 1 heterocycles. The Morgan fingerprint density at radius 2 is 1.65 bits per heavy atom. The van der Waals surface area contributed by atoms with E-state index >= 15 is 0 Å². The van der Waals surface area contributed by atoms with Gasteiger partial charge in [0.2, 0.25) is 0 Å². The Labute approximate surface area is 220 Å². The van der Waals surface area contributed by atoms with E-state index in [1.54, 1.807) is 6.08 Å².